The monoisotopic (exact) mass is 464 g/mol. The van der Waals surface area contributed by atoms with Crippen LogP contribution in [0.25, 0.3) is 17.1 Å². The molecular formula is C27H36N4OS. The molecule has 0 amide bonds. The highest BCUT2D eigenvalue weighted by Gasteiger charge is 2.29. The minimum Gasteiger partial charge on any atom is -0.507 e. The van der Waals surface area contributed by atoms with E-state index in [0.29, 0.717) is 11.0 Å². The number of benzene rings is 1. The Labute approximate surface area is 202 Å². The van der Waals surface area contributed by atoms with Crippen LogP contribution < -0.4 is 0 Å². The number of hydrogen-bond donors (Lipinski definition) is 1. The summed E-state index contributed by atoms with van der Waals surface area (Å²) in [6, 6.07) is 8.18. The number of aromatic nitrogens is 4. The van der Waals surface area contributed by atoms with Crippen LogP contribution in [0, 0.1) is 0 Å². The van der Waals surface area contributed by atoms with Crippen LogP contribution >= 0.6 is 11.8 Å². The van der Waals surface area contributed by atoms with Gasteiger partial charge in [-0.05, 0) is 47.9 Å². The molecule has 5 nitrogen and oxygen atoms in total. The van der Waals surface area contributed by atoms with Gasteiger partial charge in [-0.15, -0.1) is 10.2 Å². The lowest BCUT2D eigenvalue weighted by Crippen LogP contribution is -2.18. The van der Waals surface area contributed by atoms with E-state index in [0.717, 1.165) is 33.4 Å². The quantitative estimate of drug-likeness (QED) is 0.448. The van der Waals surface area contributed by atoms with Crippen molar-refractivity contribution in [1.82, 2.24) is 19.7 Å². The highest BCUT2D eigenvalue weighted by Crippen LogP contribution is 2.42. The van der Waals surface area contributed by atoms with E-state index in [1.54, 1.807) is 12.4 Å². The lowest BCUT2D eigenvalue weighted by atomic mass is 9.79. The number of nitrogens with zero attached hydrogens (tertiary/aromatic N) is 4. The van der Waals surface area contributed by atoms with Gasteiger partial charge in [-0.1, -0.05) is 72.6 Å². The fourth-order valence-corrected chi connectivity index (χ4v) is 5.74. The molecule has 1 aromatic carbocycles. The predicted octanol–water partition coefficient (Wildman–Crippen LogP) is 7.05. The molecule has 0 unspecified atom stereocenters. The molecule has 0 aliphatic heterocycles. The fourth-order valence-electron chi connectivity index (χ4n) is 4.49. The number of phenols is 1. The summed E-state index contributed by atoms with van der Waals surface area (Å²) in [5.41, 5.74) is 3.44. The minimum atomic E-state index is -0.207. The number of thioether (sulfide) groups is 1. The first-order valence-corrected chi connectivity index (χ1v) is 12.8. The van der Waals surface area contributed by atoms with Gasteiger partial charge in [0, 0.05) is 34.3 Å². The van der Waals surface area contributed by atoms with Crippen LogP contribution in [-0.4, -0.2) is 30.1 Å². The Kier molecular flexibility index (Phi) is 6.59. The number of hydrogen-bond acceptors (Lipinski definition) is 5. The third-order valence-corrected chi connectivity index (χ3v) is 7.64. The number of rotatable bonds is 4. The van der Waals surface area contributed by atoms with Crippen molar-refractivity contribution in [1.29, 1.82) is 0 Å². The van der Waals surface area contributed by atoms with Crippen molar-refractivity contribution in [3.8, 4) is 22.8 Å². The van der Waals surface area contributed by atoms with Gasteiger partial charge in [-0.3, -0.25) is 9.55 Å². The maximum atomic E-state index is 11.2. The maximum absolute atomic E-state index is 11.2. The summed E-state index contributed by atoms with van der Waals surface area (Å²) in [5, 5.41) is 22.0. The van der Waals surface area contributed by atoms with E-state index in [2.05, 4.69) is 73.4 Å². The van der Waals surface area contributed by atoms with E-state index in [1.807, 2.05) is 23.9 Å². The zero-order valence-corrected chi connectivity index (χ0v) is 21.5. The predicted molar refractivity (Wildman–Crippen MR) is 136 cm³/mol. The van der Waals surface area contributed by atoms with Crippen LogP contribution in [0.5, 0.6) is 5.75 Å². The highest BCUT2D eigenvalue weighted by atomic mass is 32.2. The van der Waals surface area contributed by atoms with Crippen molar-refractivity contribution in [3.05, 3.63) is 47.8 Å². The van der Waals surface area contributed by atoms with E-state index in [4.69, 9.17) is 0 Å². The molecule has 1 fully saturated rings. The summed E-state index contributed by atoms with van der Waals surface area (Å²) in [4.78, 5) is 4.18. The second kappa shape index (κ2) is 9.13. The second-order valence-electron chi connectivity index (χ2n) is 11.1. The summed E-state index contributed by atoms with van der Waals surface area (Å²) < 4.78 is 2.18. The Balaban J connectivity index is 1.93. The summed E-state index contributed by atoms with van der Waals surface area (Å²) in [5.74, 6) is 1.19. The maximum Gasteiger partial charge on any atom is 0.196 e. The first-order chi connectivity index (χ1) is 15.6. The zero-order chi connectivity index (χ0) is 23.8. The van der Waals surface area contributed by atoms with Crippen molar-refractivity contribution in [2.45, 2.75) is 94.9 Å². The molecule has 0 saturated heterocycles. The van der Waals surface area contributed by atoms with Crippen molar-refractivity contribution in [2.24, 2.45) is 0 Å². The fraction of sp³-hybridized carbons (Fsp3) is 0.519. The molecule has 6 heteroatoms. The topological polar surface area (TPSA) is 63.8 Å². The number of pyridine rings is 1. The molecule has 4 rings (SSSR count). The van der Waals surface area contributed by atoms with E-state index >= 15 is 0 Å². The summed E-state index contributed by atoms with van der Waals surface area (Å²) in [7, 11) is 0. The first-order valence-electron chi connectivity index (χ1n) is 12.0. The van der Waals surface area contributed by atoms with Gasteiger partial charge in [0.05, 0.1) is 5.69 Å². The standard InChI is InChI=1S/C27H36N4OS/c1-26(2,3)21-16-19(17-22(23(21)32)27(4,5)6)31-24(18-12-14-28-15-13-18)29-30-25(31)33-20-10-8-7-9-11-20/h12-17,20,32H,7-11H2,1-6H3. The van der Waals surface area contributed by atoms with Crippen LogP contribution in [-0.2, 0) is 10.8 Å². The lowest BCUT2D eigenvalue weighted by molar-refractivity contribution is 0.423. The third-order valence-electron chi connectivity index (χ3n) is 6.37. The zero-order valence-electron chi connectivity index (χ0n) is 20.7. The van der Waals surface area contributed by atoms with Gasteiger partial charge >= 0.3 is 0 Å². The molecule has 0 spiro atoms. The molecule has 1 aliphatic rings. The Morgan fingerprint density at radius 1 is 0.879 bits per heavy atom. The normalized spacial score (nSPS) is 15.7. The van der Waals surface area contributed by atoms with Gasteiger partial charge in [0.25, 0.3) is 0 Å². The van der Waals surface area contributed by atoms with Crippen LogP contribution in [0.2, 0.25) is 0 Å². The van der Waals surface area contributed by atoms with Gasteiger partial charge in [0.2, 0.25) is 0 Å². The van der Waals surface area contributed by atoms with Crippen molar-refractivity contribution >= 4 is 11.8 Å². The van der Waals surface area contributed by atoms with E-state index in [9.17, 15) is 5.11 Å². The van der Waals surface area contributed by atoms with Crippen LogP contribution in [0.4, 0.5) is 0 Å². The van der Waals surface area contributed by atoms with Gasteiger partial charge in [0.15, 0.2) is 11.0 Å². The van der Waals surface area contributed by atoms with Crippen molar-refractivity contribution in [3.63, 3.8) is 0 Å². The smallest absolute Gasteiger partial charge is 0.196 e. The third kappa shape index (κ3) is 5.11. The minimum absolute atomic E-state index is 0.207. The molecule has 1 N–H and O–H groups in total. The van der Waals surface area contributed by atoms with Crippen molar-refractivity contribution < 1.29 is 5.11 Å². The molecule has 2 heterocycles. The summed E-state index contributed by atoms with van der Waals surface area (Å²) in [6.07, 6.45) is 9.92. The molecule has 3 aromatic rings. The largest absolute Gasteiger partial charge is 0.507 e. The highest BCUT2D eigenvalue weighted by molar-refractivity contribution is 7.99. The van der Waals surface area contributed by atoms with E-state index < -0.39 is 0 Å². The molecule has 33 heavy (non-hydrogen) atoms. The lowest BCUT2D eigenvalue weighted by Gasteiger charge is -2.29. The first kappa shape index (κ1) is 23.8. The van der Waals surface area contributed by atoms with Crippen LogP contribution in [0.1, 0.15) is 84.8 Å². The van der Waals surface area contributed by atoms with Gasteiger partial charge < -0.3 is 5.11 Å². The van der Waals surface area contributed by atoms with Crippen molar-refractivity contribution in [2.75, 3.05) is 0 Å². The molecule has 1 saturated carbocycles. The van der Waals surface area contributed by atoms with Gasteiger partial charge in [-0.2, -0.15) is 0 Å². The molecule has 176 valence electrons. The van der Waals surface area contributed by atoms with Gasteiger partial charge in [0.1, 0.15) is 5.75 Å². The molecular weight excluding hydrogens is 428 g/mol. The Morgan fingerprint density at radius 3 is 2.00 bits per heavy atom. The van der Waals surface area contributed by atoms with Crippen LogP contribution in [0.15, 0.2) is 41.8 Å². The Morgan fingerprint density at radius 2 is 1.45 bits per heavy atom. The summed E-state index contributed by atoms with van der Waals surface area (Å²) in [6.45, 7) is 12.9. The molecule has 2 aromatic heterocycles. The summed E-state index contributed by atoms with van der Waals surface area (Å²) >= 11 is 1.84. The average Bonchev–Trinajstić information content (AvgIpc) is 3.17. The molecule has 0 atom stereocenters. The second-order valence-corrected chi connectivity index (χ2v) is 12.4. The van der Waals surface area contributed by atoms with Crippen LogP contribution in [0.3, 0.4) is 0 Å². The van der Waals surface area contributed by atoms with E-state index in [-0.39, 0.29) is 10.8 Å². The van der Waals surface area contributed by atoms with E-state index in [1.165, 1.54) is 32.1 Å². The van der Waals surface area contributed by atoms with Gasteiger partial charge in [-0.25, -0.2) is 0 Å². The Bertz CT molecular complexity index is 1070. The SMILES string of the molecule is CC(C)(C)c1cc(-n2c(SC3CCCCC3)nnc2-c2ccncc2)cc(C(C)(C)C)c1O. The number of aromatic hydroxyl groups is 1. The molecule has 1 aliphatic carbocycles. The Hall–Kier alpha value is -2.34. The molecule has 0 radical (unpaired) electrons. The average molecular weight is 465 g/mol. The molecule has 0 bridgehead atoms. The number of phenolic OH excluding ortho intramolecular Hbond substituents is 1.